The van der Waals surface area contributed by atoms with E-state index < -0.39 is 0 Å². The molecule has 112 valence electrons. The van der Waals surface area contributed by atoms with Crippen LogP contribution in [0.1, 0.15) is 38.2 Å². The van der Waals surface area contributed by atoms with Crippen molar-refractivity contribution < 1.29 is 9.47 Å². The molecule has 0 bridgehead atoms. The Balaban J connectivity index is 1.94. The number of ether oxygens (including phenoxy) is 2. The van der Waals surface area contributed by atoms with Crippen molar-refractivity contribution in [3.8, 4) is 5.75 Å². The molecule has 0 aliphatic heterocycles. The summed E-state index contributed by atoms with van der Waals surface area (Å²) in [4.78, 5) is 0. The molecule has 0 amide bonds. The monoisotopic (exact) mass is 277 g/mol. The number of rotatable bonds is 6. The second kappa shape index (κ2) is 7.09. The molecule has 0 atom stereocenters. The molecule has 0 saturated heterocycles. The van der Waals surface area contributed by atoms with Crippen LogP contribution in [0.15, 0.2) is 24.3 Å². The highest BCUT2D eigenvalue weighted by Gasteiger charge is 2.34. The molecule has 0 aromatic heterocycles. The van der Waals surface area contributed by atoms with Gasteiger partial charge in [-0.2, -0.15) is 0 Å². The molecule has 1 aliphatic rings. The van der Waals surface area contributed by atoms with Crippen molar-refractivity contribution in [3.63, 3.8) is 0 Å². The fraction of sp³-hybridized carbons (Fsp3) is 0.647. The van der Waals surface area contributed by atoms with Gasteiger partial charge >= 0.3 is 0 Å². The molecule has 0 unspecified atom stereocenters. The Labute approximate surface area is 122 Å². The number of nitrogens with one attached hydrogen (secondary N) is 1. The maximum absolute atomic E-state index is 6.32. The van der Waals surface area contributed by atoms with Crippen LogP contribution >= 0.6 is 0 Å². The molecular weight excluding hydrogens is 250 g/mol. The summed E-state index contributed by atoms with van der Waals surface area (Å²) in [7, 11) is 3.70. The van der Waals surface area contributed by atoms with Gasteiger partial charge in [-0.05, 0) is 56.3 Å². The summed E-state index contributed by atoms with van der Waals surface area (Å²) in [6, 6.07) is 8.15. The van der Waals surface area contributed by atoms with E-state index in [2.05, 4.69) is 24.4 Å². The van der Waals surface area contributed by atoms with Gasteiger partial charge in [0.05, 0.1) is 19.3 Å². The van der Waals surface area contributed by atoms with Crippen molar-refractivity contribution in [1.29, 1.82) is 0 Å². The van der Waals surface area contributed by atoms with E-state index in [-0.39, 0.29) is 5.60 Å². The summed E-state index contributed by atoms with van der Waals surface area (Å²) in [5.74, 6) is 1.73. The molecular formula is C17H27NO2. The van der Waals surface area contributed by atoms with Crippen molar-refractivity contribution in [2.75, 3.05) is 20.7 Å². The van der Waals surface area contributed by atoms with E-state index in [1.165, 1.54) is 18.4 Å². The quantitative estimate of drug-likeness (QED) is 0.864. The summed E-state index contributed by atoms with van der Waals surface area (Å²) >= 11 is 0. The van der Waals surface area contributed by atoms with Crippen LogP contribution in [0.5, 0.6) is 5.75 Å². The summed E-state index contributed by atoms with van der Waals surface area (Å²) in [6.07, 6.45) is 4.85. The van der Waals surface area contributed by atoms with Crippen LogP contribution in [0.3, 0.4) is 0 Å². The maximum Gasteiger partial charge on any atom is 0.118 e. The van der Waals surface area contributed by atoms with Crippen LogP contribution in [0.25, 0.3) is 0 Å². The van der Waals surface area contributed by atoms with Gasteiger partial charge in [0, 0.05) is 6.54 Å². The number of hydrogen-bond donors (Lipinski definition) is 1. The lowest BCUT2D eigenvalue weighted by molar-refractivity contribution is -0.0840. The number of methoxy groups -OCH3 is 1. The molecule has 1 N–H and O–H groups in total. The first kappa shape index (κ1) is 15.3. The largest absolute Gasteiger partial charge is 0.497 e. The average Bonchev–Trinajstić information content (AvgIpc) is 2.49. The van der Waals surface area contributed by atoms with Gasteiger partial charge in [-0.3, -0.25) is 0 Å². The third kappa shape index (κ3) is 3.97. The Morgan fingerprint density at radius 3 is 2.40 bits per heavy atom. The molecule has 20 heavy (non-hydrogen) atoms. The van der Waals surface area contributed by atoms with Crippen LogP contribution in [-0.4, -0.2) is 26.3 Å². The van der Waals surface area contributed by atoms with Crippen LogP contribution in [-0.2, 0) is 11.3 Å². The molecule has 2 rings (SSSR count). The van der Waals surface area contributed by atoms with Crippen molar-refractivity contribution in [3.05, 3.63) is 29.8 Å². The topological polar surface area (TPSA) is 30.5 Å². The van der Waals surface area contributed by atoms with E-state index in [4.69, 9.17) is 9.47 Å². The minimum atomic E-state index is 0.0151. The molecule has 1 aromatic rings. The van der Waals surface area contributed by atoms with Crippen molar-refractivity contribution in [2.24, 2.45) is 5.92 Å². The van der Waals surface area contributed by atoms with Crippen LogP contribution < -0.4 is 10.1 Å². The third-order valence-electron chi connectivity index (χ3n) is 4.39. The van der Waals surface area contributed by atoms with E-state index in [9.17, 15) is 0 Å². The average molecular weight is 277 g/mol. The standard InChI is InChI=1S/C17H27NO2/c1-14-8-10-17(11-9-14,13-18-2)20-12-15-4-6-16(19-3)7-5-15/h4-7,14,18H,8-13H2,1-3H3. The highest BCUT2D eigenvalue weighted by molar-refractivity contribution is 5.26. The van der Waals surface area contributed by atoms with Gasteiger partial charge in [-0.25, -0.2) is 0 Å². The van der Waals surface area contributed by atoms with Crippen LogP contribution in [0.2, 0.25) is 0 Å². The zero-order valence-electron chi connectivity index (χ0n) is 12.9. The summed E-state index contributed by atoms with van der Waals surface area (Å²) in [6.45, 7) is 3.96. The van der Waals surface area contributed by atoms with Gasteiger partial charge in [-0.1, -0.05) is 19.1 Å². The Morgan fingerprint density at radius 1 is 1.20 bits per heavy atom. The van der Waals surface area contributed by atoms with Gasteiger partial charge in [0.15, 0.2) is 0 Å². The first-order chi connectivity index (χ1) is 9.67. The minimum absolute atomic E-state index is 0.0151. The van der Waals surface area contributed by atoms with Gasteiger partial charge in [-0.15, -0.1) is 0 Å². The Hall–Kier alpha value is -1.06. The number of hydrogen-bond acceptors (Lipinski definition) is 3. The fourth-order valence-corrected chi connectivity index (χ4v) is 2.94. The van der Waals surface area contributed by atoms with E-state index in [0.29, 0.717) is 6.61 Å². The molecule has 0 heterocycles. The lowest BCUT2D eigenvalue weighted by Gasteiger charge is -2.39. The smallest absolute Gasteiger partial charge is 0.118 e. The number of benzene rings is 1. The Kier molecular flexibility index (Phi) is 5.44. The lowest BCUT2D eigenvalue weighted by Crippen LogP contribution is -2.44. The van der Waals surface area contributed by atoms with E-state index in [0.717, 1.165) is 31.1 Å². The molecule has 1 fully saturated rings. The van der Waals surface area contributed by atoms with E-state index in [1.807, 2.05) is 19.2 Å². The van der Waals surface area contributed by atoms with E-state index in [1.54, 1.807) is 7.11 Å². The summed E-state index contributed by atoms with van der Waals surface area (Å²) in [5.41, 5.74) is 1.22. The van der Waals surface area contributed by atoms with Crippen molar-refractivity contribution >= 4 is 0 Å². The molecule has 0 spiro atoms. The molecule has 0 radical (unpaired) electrons. The first-order valence-corrected chi connectivity index (χ1v) is 7.59. The predicted octanol–water partition coefficient (Wildman–Crippen LogP) is 3.38. The Bertz CT molecular complexity index is 394. The van der Waals surface area contributed by atoms with Crippen molar-refractivity contribution in [2.45, 2.75) is 44.8 Å². The molecule has 1 saturated carbocycles. The SMILES string of the molecule is CNCC1(OCc2ccc(OC)cc2)CCC(C)CC1. The second-order valence-corrected chi connectivity index (χ2v) is 6.03. The molecule has 1 aromatic carbocycles. The third-order valence-corrected chi connectivity index (χ3v) is 4.39. The highest BCUT2D eigenvalue weighted by Crippen LogP contribution is 2.35. The lowest BCUT2D eigenvalue weighted by atomic mass is 9.79. The van der Waals surface area contributed by atoms with Gasteiger partial charge in [0.25, 0.3) is 0 Å². The van der Waals surface area contributed by atoms with Crippen LogP contribution in [0.4, 0.5) is 0 Å². The summed E-state index contributed by atoms with van der Waals surface area (Å²) < 4.78 is 11.5. The Morgan fingerprint density at radius 2 is 1.85 bits per heavy atom. The highest BCUT2D eigenvalue weighted by atomic mass is 16.5. The van der Waals surface area contributed by atoms with Crippen molar-refractivity contribution in [1.82, 2.24) is 5.32 Å². The maximum atomic E-state index is 6.32. The summed E-state index contributed by atoms with van der Waals surface area (Å²) in [5, 5.41) is 3.30. The van der Waals surface area contributed by atoms with Crippen LogP contribution in [0, 0.1) is 5.92 Å². The zero-order valence-corrected chi connectivity index (χ0v) is 12.9. The zero-order chi connectivity index (χ0) is 14.4. The number of likely N-dealkylation sites (N-methyl/N-ethyl adjacent to an activating group) is 1. The molecule has 3 heteroatoms. The fourth-order valence-electron chi connectivity index (χ4n) is 2.94. The predicted molar refractivity (Wildman–Crippen MR) is 82.1 cm³/mol. The molecule has 3 nitrogen and oxygen atoms in total. The van der Waals surface area contributed by atoms with Gasteiger partial charge in [0.1, 0.15) is 5.75 Å². The normalized spacial score (nSPS) is 26.4. The minimum Gasteiger partial charge on any atom is -0.497 e. The molecule has 1 aliphatic carbocycles. The van der Waals surface area contributed by atoms with Gasteiger partial charge < -0.3 is 14.8 Å². The van der Waals surface area contributed by atoms with E-state index >= 15 is 0 Å². The first-order valence-electron chi connectivity index (χ1n) is 7.59. The van der Waals surface area contributed by atoms with Gasteiger partial charge in [0.2, 0.25) is 0 Å². The second-order valence-electron chi connectivity index (χ2n) is 6.03.